The number of amides is 2. The maximum absolute atomic E-state index is 13.3. The van der Waals surface area contributed by atoms with Crippen LogP contribution in [0.15, 0.2) is 36.4 Å². The predicted molar refractivity (Wildman–Crippen MR) is 127 cm³/mol. The summed E-state index contributed by atoms with van der Waals surface area (Å²) in [5, 5.41) is 15.6. The number of nitrogens with one attached hydrogen (secondary N) is 1. The van der Waals surface area contributed by atoms with E-state index >= 15 is 0 Å². The molecule has 11 heteroatoms. The highest BCUT2D eigenvalue weighted by atomic mass is 19.1. The molecule has 0 spiro atoms. The number of fused-ring (bicyclic) bond motifs is 1. The van der Waals surface area contributed by atoms with E-state index in [0.717, 1.165) is 17.7 Å². The van der Waals surface area contributed by atoms with Gasteiger partial charge < -0.3 is 20.5 Å². The van der Waals surface area contributed by atoms with Gasteiger partial charge in [0.1, 0.15) is 28.8 Å². The Hall–Kier alpha value is -4.30. The molecule has 0 aliphatic carbocycles. The van der Waals surface area contributed by atoms with Crippen molar-refractivity contribution >= 4 is 17.5 Å². The van der Waals surface area contributed by atoms with Crippen molar-refractivity contribution in [3.05, 3.63) is 70.8 Å². The van der Waals surface area contributed by atoms with E-state index < -0.39 is 23.1 Å². The summed E-state index contributed by atoms with van der Waals surface area (Å²) in [5.74, 6) is 4.36. The summed E-state index contributed by atoms with van der Waals surface area (Å²) in [6.07, 6.45) is 0.447. The van der Waals surface area contributed by atoms with Gasteiger partial charge >= 0.3 is 0 Å². The summed E-state index contributed by atoms with van der Waals surface area (Å²) in [5.41, 5.74) is 5.63. The molecule has 4 rings (SSSR count). The minimum absolute atomic E-state index is 0.0198. The fraction of sp³-hybridized carbons (Fsp3) is 0.280. The van der Waals surface area contributed by atoms with Gasteiger partial charge in [-0.3, -0.25) is 14.7 Å². The van der Waals surface area contributed by atoms with Gasteiger partial charge in [0, 0.05) is 25.1 Å². The van der Waals surface area contributed by atoms with Gasteiger partial charge in [-0.2, -0.15) is 0 Å². The highest BCUT2D eigenvalue weighted by Gasteiger charge is 2.20. The minimum atomic E-state index is -1.04. The molecule has 1 aliphatic rings. The van der Waals surface area contributed by atoms with Crippen LogP contribution in [-0.4, -0.2) is 51.4 Å². The number of halogens is 2. The third-order valence-corrected chi connectivity index (χ3v) is 4.91. The van der Waals surface area contributed by atoms with Crippen LogP contribution in [0.25, 0.3) is 0 Å². The summed E-state index contributed by atoms with van der Waals surface area (Å²) >= 11 is 0. The number of rotatable bonds is 3. The van der Waals surface area contributed by atoms with Crippen LogP contribution in [0.4, 0.5) is 14.5 Å². The molecular weight excluding hydrogens is 472 g/mol. The van der Waals surface area contributed by atoms with Gasteiger partial charge in [0.15, 0.2) is 0 Å². The molecule has 1 aliphatic heterocycles. The maximum atomic E-state index is 13.3. The first-order valence-electron chi connectivity index (χ1n) is 10.9. The SMILES string of the molecule is CN1C(=O)CCOc2ccc(C#CC(C)(C)O)cc21.NC(=O)c1n[nH]c(Cc2ccc(F)cc2F)n1. The number of aromatic amines is 1. The first kappa shape index (κ1) is 26.3. The molecule has 0 radical (unpaired) electrons. The Morgan fingerprint density at radius 2 is 2.03 bits per heavy atom. The van der Waals surface area contributed by atoms with Gasteiger partial charge in [0.05, 0.1) is 18.7 Å². The zero-order chi connectivity index (χ0) is 26.5. The first-order chi connectivity index (χ1) is 16.9. The Morgan fingerprint density at radius 3 is 2.67 bits per heavy atom. The van der Waals surface area contributed by atoms with Crippen LogP contribution in [0.2, 0.25) is 0 Å². The molecule has 188 valence electrons. The van der Waals surface area contributed by atoms with E-state index in [4.69, 9.17) is 10.5 Å². The Bertz CT molecular complexity index is 1340. The smallest absolute Gasteiger partial charge is 0.288 e. The van der Waals surface area contributed by atoms with E-state index in [2.05, 4.69) is 27.0 Å². The van der Waals surface area contributed by atoms with Crippen molar-refractivity contribution in [2.45, 2.75) is 32.3 Å². The van der Waals surface area contributed by atoms with Crippen LogP contribution in [-0.2, 0) is 11.2 Å². The quantitative estimate of drug-likeness (QED) is 0.476. The first-order valence-corrected chi connectivity index (χ1v) is 10.9. The van der Waals surface area contributed by atoms with E-state index in [1.54, 1.807) is 37.9 Å². The number of anilines is 1. The minimum Gasteiger partial charge on any atom is -0.491 e. The number of carbonyl (C=O) groups excluding carboxylic acids is 2. The van der Waals surface area contributed by atoms with Crippen LogP contribution in [0, 0.1) is 23.5 Å². The lowest BCUT2D eigenvalue weighted by Crippen LogP contribution is -2.25. The van der Waals surface area contributed by atoms with Crippen molar-refractivity contribution < 1.29 is 28.2 Å². The number of carbonyl (C=O) groups is 2. The third kappa shape index (κ3) is 7.10. The second-order valence-electron chi connectivity index (χ2n) is 8.43. The molecule has 4 N–H and O–H groups in total. The monoisotopic (exact) mass is 497 g/mol. The van der Waals surface area contributed by atoms with Crippen LogP contribution in [0.1, 0.15) is 47.8 Å². The van der Waals surface area contributed by atoms with Crippen LogP contribution >= 0.6 is 0 Å². The van der Waals surface area contributed by atoms with Crippen LogP contribution < -0.4 is 15.4 Å². The number of hydrogen-bond acceptors (Lipinski definition) is 6. The molecule has 0 saturated carbocycles. The van der Waals surface area contributed by atoms with Crippen LogP contribution in [0.5, 0.6) is 5.75 Å². The number of ether oxygens (including phenoxy) is 1. The van der Waals surface area contributed by atoms with Gasteiger partial charge in [-0.15, -0.1) is 5.10 Å². The van der Waals surface area contributed by atoms with Crippen molar-refractivity contribution in [1.29, 1.82) is 0 Å². The lowest BCUT2D eigenvalue weighted by molar-refractivity contribution is -0.118. The van der Waals surface area contributed by atoms with Gasteiger partial charge in [-0.25, -0.2) is 13.8 Å². The predicted octanol–water partition coefficient (Wildman–Crippen LogP) is 2.33. The van der Waals surface area contributed by atoms with E-state index in [-0.39, 0.29) is 29.5 Å². The second kappa shape index (κ2) is 11.0. The van der Waals surface area contributed by atoms with E-state index in [0.29, 0.717) is 24.5 Å². The zero-order valence-corrected chi connectivity index (χ0v) is 19.9. The molecule has 2 heterocycles. The fourth-order valence-electron chi connectivity index (χ4n) is 3.08. The number of H-pyrrole nitrogens is 1. The summed E-state index contributed by atoms with van der Waals surface area (Å²) in [7, 11) is 1.73. The molecule has 0 saturated heterocycles. The number of primary amides is 1. The number of aliphatic hydroxyl groups is 1. The van der Waals surface area contributed by atoms with Gasteiger partial charge in [0.25, 0.3) is 5.91 Å². The lowest BCUT2D eigenvalue weighted by atomic mass is 10.1. The van der Waals surface area contributed by atoms with E-state index in [1.165, 1.54) is 6.07 Å². The highest BCUT2D eigenvalue weighted by Crippen LogP contribution is 2.31. The van der Waals surface area contributed by atoms with Crippen molar-refractivity contribution in [2.75, 3.05) is 18.6 Å². The number of nitrogens with two attached hydrogens (primary N) is 1. The van der Waals surface area contributed by atoms with Gasteiger partial charge in [-0.1, -0.05) is 17.9 Å². The third-order valence-electron chi connectivity index (χ3n) is 4.91. The number of aromatic nitrogens is 3. The Kier molecular flexibility index (Phi) is 8.01. The maximum Gasteiger partial charge on any atom is 0.288 e. The molecule has 0 atom stereocenters. The Balaban J connectivity index is 0.000000202. The molecule has 0 unspecified atom stereocenters. The highest BCUT2D eigenvalue weighted by molar-refractivity contribution is 5.95. The molecule has 3 aromatic rings. The molecule has 2 aromatic carbocycles. The van der Waals surface area contributed by atoms with Gasteiger partial charge in [0.2, 0.25) is 11.7 Å². The molecule has 2 amide bonds. The Labute approximate surface area is 206 Å². The largest absolute Gasteiger partial charge is 0.491 e. The summed E-state index contributed by atoms with van der Waals surface area (Å²) < 4.78 is 31.5. The van der Waals surface area contributed by atoms with Crippen molar-refractivity contribution in [2.24, 2.45) is 5.73 Å². The van der Waals surface area contributed by atoms with Gasteiger partial charge in [-0.05, 0) is 43.7 Å². The van der Waals surface area contributed by atoms with Crippen molar-refractivity contribution in [3.8, 4) is 17.6 Å². The molecule has 0 bridgehead atoms. The number of benzene rings is 2. The Morgan fingerprint density at radius 1 is 1.28 bits per heavy atom. The van der Waals surface area contributed by atoms with E-state index in [1.807, 2.05) is 6.07 Å². The molecule has 36 heavy (non-hydrogen) atoms. The molecule has 9 nitrogen and oxygen atoms in total. The number of hydrogen-bond donors (Lipinski definition) is 3. The second-order valence-corrected chi connectivity index (χ2v) is 8.43. The van der Waals surface area contributed by atoms with Crippen LogP contribution in [0.3, 0.4) is 0 Å². The zero-order valence-electron chi connectivity index (χ0n) is 19.9. The summed E-state index contributed by atoms with van der Waals surface area (Å²) in [6, 6.07) is 8.65. The summed E-state index contributed by atoms with van der Waals surface area (Å²) in [6.45, 7) is 3.65. The topological polar surface area (TPSA) is 134 Å². The fourth-order valence-corrected chi connectivity index (χ4v) is 3.08. The number of nitrogens with zero attached hydrogens (tertiary/aromatic N) is 3. The van der Waals surface area contributed by atoms with E-state index in [9.17, 15) is 23.5 Å². The average Bonchev–Trinajstić information content (AvgIpc) is 3.23. The molecule has 1 aromatic heterocycles. The average molecular weight is 498 g/mol. The molecule has 0 fully saturated rings. The standard InChI is InChI=1S/C15H17NO3.C10H8F2N4O/c1-15(2,18)8-6-11-4-5-13-12(10-11)16(3)14(17)7-9-19-13;11-6-2-1-5(7(12)4-6)3-8-14-10(9(13)17)16-15-8/h4-5,10,18H,7,9H2,1-3H3;1-2,4H,3H2,(H2,13,17)(H,14,15,16). The van der Waals surface area contributed by atoms with Crippen molar-refractivity contribution in [3.63, 3.8) is 0 Å². The lowest BCUT2D eigenvalue weighted by Gasteiger charge is -2.16. The summed E-state index contributed by atoms with van der Waals surface area (Å²) in [4.78, 5) is 27.9. The normalized spacial score (nSPS) is 12.8. The van der Waals surface area contributed by atoms with Crippen molar-refractivity contribution in [1.82, 2.24) is 15.2 Å². The molecular formula is C25H25F2N5O4.